The Morgan fingerprint density at radius 1 is 1.03 bits per heavy atom. The summed E-state index contributed by atoms with van der Waals surface area (Å²) in [6.45, 7) is 1.94. The Morgan fingerprint density at radius 2 is 1.66 bits per heavy atom. The Morgan fingerprint density at radius 3 is 2.26 bits per heavy atom. The van der Waals surface area contributed by atoms with Crippen LogP contribution in [0.1, 0.15) is 22.8 Å². The lowest BCUT2D eigenvalue weighted by Crippen LogP contribution is -2.20. The van der Waals surface area contributed by atoms with E-state index in [1.165, 1.54) is 54.7 Å². The first kappa shape index (κ1) is 23.9. The third-order valence-corrected chi connectivity index (χ3v) is 6.18. The molecule has 0 radical (unpaired) electrons. The molecule has 0 saturated heterocycles. The maximum Gasteiger partial charge on any atom is 0.338 e. The summed E-state index contributed by atoms with van der Waals surface area (Å²) in [6, 6.07) is 18.5. The van der Waals surface area contributed by atoms with Crippen LogP contribution in [0.4, 0.5) is 5.69 Å². The largest absolute Gasteiger partial charge is 0.494 e. The fraction of sp³-hybridized carbons (Fsp3) is 0.0800. The zero-order valence-corrected chi connectivity index (χ0v) is 19.4. The summed E-state index contributed by atoms with van der Waals surface area (Å²) in [6.07, 6.45) is 1.40. The first-order chi connectivity index (χ1) is 16.7. The van der Waals surface area contributed by atoms with E-state index in [2.05, 4.69) is 4.99 Å². The summed E-state index contributed by atoms with van der Waals surface area (Å²) in [4.78, 5) is 29.5. The second-order valence-corrected chi connectivity index (χ2v) is 9.05. The van der Waals surface area contributed by atoms with Gasteiger partial charge < -0.3 is 9.84 Å². The number of primary sulfonamides is 1. The number of rotatable bonds is 6. The molecule has 0 amide bonds. The molecule has 3 N–H and O–H groups in total. The van der Waals surface area contributed by atoms with Crippen LogP contribution >= 0.6 is 0 Å². The average Bonchev–Trinajstić information content (AvgIpc) is 2.84. The zero-order valence-electron chi connectivity index (χ0n) is 18.6. The summed E-state index contributed by atoms with van der Waals surface area (Å²) in [7, 11) is -3.83. The van der Waals surface area contributed by atoms with Gasteiger partial charge >= 0.3 is 5.97 Å². The highest BCUT2D eigenvalue weighted by Gasteiger charge is 2.17. The third-order valence-electron chi connectivity index (χ3n) is 5.25. The van der Waals surface area contributed by atoms with Crippen LogP contribution in [0.3, 0.4) is 0 Å². The monoisotopic (exact) mass is 491 g/mol. The number of fused-ring (bicyclic) bond motifs is 1. The number of hydrogen-bond acceptors (Lipinski definition) is 7. The Balaban J connectivity index is 1.82. The summed E-state index contributed by atoms with van der Waals surface area (Å²) < 4.78 is 29.0. The number of hydrogen-bond donors (Lipinski definition) is 2. The molecule has 0 fully saturated rings. The summed E-state index contributed by atoms with van der Waals surface area (Å²) in [5.74, 6) is -0.835. The fourth-order valence-corrected chi connectivity index (χ4v) is 4.07. The second kappa shape index (κ2) is 9.53. The van der Waals surface area contributed by atoms with Crippen molar-refractivity contribution < 1.29 is 23.1 Å². The molecular weight excluding hydrogens is 470 g/mol. The lowest BCUT2D eigenvalue weighted by atomic mass is 10.1. The predicted molar refractivity (Wildman–Crippen MR) is 132 cm³/mol. The first-order valence-electron chi connectivity index (χ1n) is 10.5. The highest BCUT2D eigenvalue weighted by atomic mass is 32.2. The van der Waals surface area contributed by atoms with Gasteiger partial charge in [-0.1, -0.05) is 18.2 Å². The van der Waals surface area contributed by atoms with Gasteiger partial charge in [0.1, 0.15) is 0 Å². The van der Waals surface area contributed by atoms with Crippen molar-refractivity contribution in [1.82, 2.24) is 4.57 Å². The number of ether oxygens (including phenoxy) is 1. The molecule has 178 valence electrons. The van der Waals surface area contributed by atoms with Gasteiger partial charge in [0.15, 0.2) is 0 Å². The minimum absolute atomic E-state index is 0.0513. The van der Waals surface area contributed by atoms with Gasteiger partial charge in [0, 0.05) is 17.0 Å². The molecule has 35 heavy (non-hydrogen) atoms. The molecule has 4 aromatic rings. The number of pyridine rings is 1. The van der Waals surface area contributed by atoms with Gasteiger partial charge in [-0.15, -0.1) is 0 Å². The Kier molecular flexibility index (Phi) is 6.50. The molecule has 3 aromatic carbocycles. The number of aliphatic imine (C=N–C) groups is 1. The third kappa shape index (κ3) is 4.84. The number of aromatic hydroxyl groups is 1. The smallest absolute Gasteiger partial charge is 0.338 e. The summed E-state index contributed by atoms with van der Waals surface area (Å²) in [5.41, 5.74) is 0.909. The Labute approximate surface area is 200 Å². The molecule has 0 aliphatic carbocycles. The van der Waals surface area contributed by atoms with Crippen LogP contribution in [0.5, 0.6) is 5.88 Å². The molecular formula is C25H21N3O6S. The van der Waals surface area contributed by atoms with Crippen molar-refractivity contribution in [3.05, 3.63) is 94.3 Å². The molecule has 1 aromatic heterocycles. The van der Waals surface area contributed by atoms with E-state index in [9.17, 15) is 23.1 Å². The lowest BCUT2D eigenvalue weighted by molar-refractivity contribution is 0.0526. The van der Waals surface area contributed by atoms with Gasteiger partial charge in [0.05, 0.1) is 34.0 Å². The molecule has 0 saturated carbocycles. The highest BCUT2D eigenvalue weighted by molar-refractivity contribution is 7.89. The van der Waals surface area contributed by atoms with Crippen molar-refractivity contribution in [3.63, 3.8) is 0 Å². The van der Waals surface area contributed by atoms with Crippen molar-refractivity contribution in [2.24, 2.45) is 10.1 Å². The van der Waals surface area contributed by atoms with E-state index in [1.807, 2.05) is 0 Å². The van der Waals surface area contributed by atoms with Crippen LogP contribution in [0, 0.1) is 0 Å². The highest BCUT2D eigenvalue weighted by Crippen LogP contribution is 2.27. The topological polar surface area (TPSA) is 141 Å². The average molecular weight is 492 g/mol. The van der Waals surface area contributed by atoms with E-state index in [0.29, 0.717) is 27.7 Å². The molecule has 0 unspecified atom stereocenters. The van der Waals surface area contributed by atoms with E-state index in [-0.39, 0.29) is 22.9 Å². The molecule has 10 heteroatoms. The minimum Gasteiger partial charge on any atom is -0.494 e. The molecule has 0 bridgehead atoms. The van der Waals surface area contributed by atoms with Gasteiger partial charge in [-0.25, -0.2) is 22.9 Å². The molecule has 1 heterocycles. The van der Waals surface area contributed by atoms with Gasteiger partial charge in [-0.2, -0.15) is 0 Å². The maximum atomic E-state index is 13.2. The molecule has 0 aliphatic rings. The zero-order chi connectivity index (χ0) is 25.2. The number of benzene rings is 3. The van der Waals surface area contributed by atoms with E-state index >= 15 is 0 Å². The van der Waals surface area contributed by atoms with Crippen LogP contribution < -0.4 is 10.7 Å². The van der Waals surface area contributed by atoms with Crippen LogP contribution in [-0.4, -0.2) is 36.9 Å². The fourth-order valence-electron chi connectivity index (χ4n) is 3.55. The summed E-state index contributed by atoms with van der Waals surface area (Å²) in [5, 5.41) is 17.1. The quantitative estimate of drug-likeness (QED) is 0.313. The van der Waals surface area contributed by atoms with E-state index in [4.69, 9.17) is 9.88 Å². The van der Waals surface area contributed by atoms with E-state index in [0.717, 1.165) is 4.57 Å². The first-order valence-corrected chi connectivity index (χ1v) is 12.1. The van der Waals surface area contributed by atoms with Crippen molar-refractivity contribution in [3.8, 4) is 11.6 Å². The maximum absolute atomic E-state index is 13.2. The van der Waals surface area contributed by atoms with Gasteiger partial charge in [0.25, 0.3) is 5.56 Å². The number of carbonyl (C=O) groups is 1. The van der Waals surface area contributed by atoms with Gasteiger partial charge in [0.2, 0.25) is 15.9 Å². The number of aromatic nitrogens is 1. The number of nitrogens with zero attached hydrogens (tertiary/aromatic N) is 2. The standard InChI is InChI=1S/C25H21N3O6S/c1-2-34-25(31)16-7-11-18(12-8-16)28-23(29)21-6-4-3-5-20(21)22(24(28)30)15-27-17-9-13-19(14-10-17)35(26,32)33/h3-15,30H,2H2,1H3,(H2,26,32,33). The van der Waals surface area contributed by atoms with E-state index in [1.54, 1.807) is 31.2 Å². The van der Waals surface area contributed by atoms with Crippen LogP contribution in [0.25, 0.3) is 16.5 Å². The van der Waals surface area contributed by atoms with Crippen molar-refractivity contribution >= 4 is 38.7 Å². The molecule has 9 nitrogen and oxygen atoms in total. The molecule has 0 aliphatic heterocycles. The van der Waals surface area contributed by atoms with Crippen LogP contribution in [0.15, 0.2) is 87.5 Å². The normalized spacial score (nSPS) is 11.7. The minimum atomic E-state index is -3.83. The second-order valence-electron chi connectivity index (χ2n) is 7.49. The van der Waals surface area contributed by atoms with Crippen LogP contribution in [0.2, 0.25) is 0 Å². The lowest BCUT2D eigenvalue weighted by Gasteiger charge is -2.14. The number of nitrogens with two attached hydrogens (primary N) is 1. The van der Waals surface area contributed by atoms with Gasteiger partial charge in [-0.05, 0) is 61.5 Å². The van der Waals surface area contributed by atoms with Crippen LogP contribution in [-0.2, 0) is 14.8 Å². The number of esters is 1. The Hall–Kier alpha value is -4.28. The van der Waals surface area contributed by atoms with Crippen molar-refractivity contribution in [2.45, 2.75) is 11.8 Å². The van der Waals surface area contributed by atoms with Crippen molar-refractivity contribution in [2.75, 3.05) is 6.61 Å². The number of carbonyl (C=O) groups excluding carboxylic acids is 1. The summed E-state index contributed by atoms with van der Waals surface area (Å²) >= 11 is 0. The molecule has 0 spiro atoms. The number of sulfonamides is 1. The molecule has 0 atom stereocenters. The van der Waals surface area contributed by atoms with Crippen molar-refractivity contribution in [1.29, 1.82) is 0 Å². The SMILES string of the molecule is CCOC(=O)c1ccc(-n2c(O)c(C=Nc3ccc(S(N)(=O)=O)cc3)c3ccccc3c2=O)cc1. The predicted octanol–water partition coefficient (Wildman–Crippen LogP) is 3.27. The van der Waals surface area contributed by atoms with E-state index < -0.39 is 21.6 Å². The Bertz CT molecular complexity index is 1610. The van der Waals surface area contributed by atoms with Gasteiger partial charge in [-0.3, -0.25) is 9.79 Å². The molecule has 4 rings (SSSR count).